The average molecular weight is 390 g/mol. The van der Waals surface area contributed by atoms with E-state index in [1.54, 1.807) is 12.1 Å². The van der Waals surface area contributed by atoms with Crippen LogP contribution in [0.2, 0.25) is 0 Å². The number of hydrogen-bond donors (Lipinski definition) is 2. The molecule has 0 aliphatic rings. The smallest absolute Gasteiger partial charge is 0.306 e. The molecule has 2 rings (SSSR count). The minimum absolute atomic E-state index is 0.0111. The van der Waals surface area contributed by atoms with E-state index in [1.807, 2.05) is 32.0 Å². The molecule has 8 heteroatoms. The first-order valence-electron chi connectivity index (χ1n) is 8.30. The Kier molecular flexibility index (Phi) is 6.70. The highest BCUT2D eigenvalue weighted by molar-refractivity contribution is 7.89. The maximum atomic E-state index is 12.0. The number of esters is 1. The molecule has 0 heterocycles. The van der Waals surface area contributed by atoms with E-state index in [1.165, 1.54) is 12.1 Å². The van der Waals surface area contributed by atoms with Gasteiger partial charge in [0.05, 0.1) is 4.90 Å². The lowest BCUT2D eigenvalue weighted by molar-refractivity contribution is -0.147. The number of primary sulfonamides is 1. The molecule has 0 saturated carbocycles. The van der Waals surface area contributed by atoms with Gasteiger partial charge >= 0.3 is 5.97 Å². The van der Waals surface area contributed by atoms with Crippen molar-refractivity contribution in [3.63, 3.8) is 0 Å². The lowest BCUT2D eigenvalue weighted by Gasteiger charge is -2.11. The minimum Gasteiger partial charge on any atom is -0.456 e. The number of nitrogens with one attached hydrogen (secondary N) is 1. The summed E-state index contributed by atoms with van der Waals surface area (Å²) in [5, 5.41) is 7.77. The molecule has 0 atom stereocenters. The van der Waals surface area contributed by atoms with Gasteiger partial charge in [0, 0.05) is 12.1 Å². The van der Waals surface area contributed by atoms with Crippen LogP contribution in [0.5, 0.6) is 0 Å². The lowest BCUT2D eigenvalue weighted by atomic mass is 10.1. The SMILES string of the molecule is Cc1cccc(C)c1NC(=O)COC(=O)CCc1ccc(S(N)(=O)=O)cc1. The average Bonchev–Trinajstić information content (AvgIpc) is 2.61. The van der Waals surface area contributed by atoms with E-state index >= 15 is 0 Å². The van der Waals surface area contributed by atoms with Crippen LogP contribution in [-0.2, 0) is 30.8 Å². The first-order valence-corrected chi connectivity index (χ1v) is 9.85. The van der Waals surface area contributed by atoms with E-state index in [4.69, 9.17) is 9.88 Å². The first-order chi connectivity index (χ1) is 12.7. The van der Waals surface area contributed by atoms with Crippen molar-refractivity contribution in [2.24, 2.45) is 5.14 Å². The van der Waals surface area contributed by atoms with Crippen LogP contribution in [0.3, 0.4) is 0 Å². The number of benzene rings is 2. The van der Waals surface area contributed by atoms with Crippen LogP contribution in [0.1, 0.15) is 23.1 Å². The number of para-hydroxylation sites is 1. The molecule has 0 spiro atoms. The second-order valence-electron chi connectivity index (χ2n) is 6.16. The van der Waals surface area contributed by atoms with E-state index in [0.717, 1.165) is 16.7 Å². The summed E-state index contributed by atoms with van der Waals surface area (Å²) in [6.07, 6.45) is 0.438. The van der Waals surface area contributed by atoms with Crippen molar-refractivity contribution < 1.29 is 22.7 Å². The second kappa shape index (κ2) is 8.79. The molecule has 3 N–H and O–H groups in total. The molecular formula is C19H22N2O5S. The van der Waals surface area contributed by atoms with Gasteiger partial charge in [-0.15, -0.1) is 0 Å². The van der Waals surface area contributed by atoms with Gasteiger partial charge in [0.25, 0.3) is 5.91 Å². The molecule has 0 radical (unpaired) electrons. The standard InChI is InChI=1S/C19H22N2O5S/c1-13-4-3-5-14(2)19(13)21-17(22)12-26-18(23)11-8-15-6-9-16(10-7-15)27(20,24)25/h3-7,9-10H,8,11-12H2,1-2H3,(H,21,22)(H2,20,24,25). The Hall–Kier alpha value is -2.71. The Morgan fingerprint density at radius 1 is 1.04 bits per heavy atom. The number of anilines is 1. The number of carbonyl (C=O) groups excluding carboxylic acids is 2. The number of ether oxygens (including phenoxy) is 1. The van der Waals surface area contributed by atoms with Crippen molar-refractivity contribution in [1.82, 2.24) is 0 Å². The van der Waals surface area contributed by atoms with Crippen LogP contribution in [0.25, 0.3) is 0 Å². The predicted molar refractivity (Wildman–Crippen MR) is 102 cm³/mol. The molecule has 0 aromatic heterocycles. The molecule has 2 aromatic carbocycles. The summed E-state index contributed by atoms with van der Waals surface area (Å²) < 4.78 is 27.4. The van der Waals surface area contributed by atoms with Crippen molar-refractivity contribution in [2.45, 2.75) is 31.6 Å². The zero-order valence-corrected chi connectivity index (χ0v) is 16.0. The summed E-state index contributed by atoms with van der Waals surface area (Å²) in [7, 11) is -3.74. The van der Waals surface area contributed by atoms with E-state index in [9.17, 15) is 18.0 Å². The van der Waals surface area contributed by atoms with Crippen LogP contribution < -0.4 is 10.5 Å². The Morgan fingerprint density at radius 2 is 1.63 bits per heavy atom. The zero-order valence-electron chi connectivity index (χ0n) is 15.2. The largest absolute Gasteiger partial charge is 0.456 e. The zero-order chi connectivity index (χ0) is 20.0. The fraction of sp³-hybridized carbons (Fsp3) is 0.263. The van der Waals surface area contributed by atoms with Crippen LogP contribution in [0.15, 0.2) is 47.4 Å². The molecule has 0 saturated heterocycles. The van der Waals surface area contributed by atoms with Gasteiger partial charge in [-0.2, -0.15) is 0 Å². The van der Waals surface area contributed by atoms with Crippen molar-refractivity contribution in [3.05, 3.63) is 59.2 Å². The highest BCUT2D eigenvalue weighted by atomic mass is 32.2. The number of rotatable bonds is 7. The van der Waals surface area contributed by atoms with E-state index in [0.29, 0.717) is 12.1 Å². The van der Waals surface area contributed by atoms with Crippen molar-refractivity contribution in [1.29, 1.82) is 0 Å². The third-order valence-electron chi connectivity index (χ3n) is 3.98. The van der Waals surface area contributed by atoms with Gasteiger partial charge in [0.15, 0.2) is 6.61 Å². The molecule has 1 amide bonds. The molecule has 27 heavy (non-hydrogen) atoms. The van der Waals surface area contributed by atoms with Gasteiger partial charge in [0.1, 0.15) is 0 Å². The normalized spacial score (nSPS) is 11.1. The fourth-order valence-corrected chi connectivity index (χ4v) is 3.01. The topological polar surface area (TPSA) is 116 Å². The molecule has 7 nitrogen and oxygen atoms in total. The monoisotopic (exact) mass is 390 g/mol. The van der Waals surface area contributed by atoms with E-state index < -0.39 is 21.9 Å². The Balaban J connectivity index is 1.80. The summed E-state index contributed by atoms with van der Waals surface area (Å²) in [5.74, 6) is -0.916. The quantitative estimate of drug-likeness (QED) is 0.702. The molecule has 0 fully saturated rings. The molecular weight excluding hydrogens is 368 g/mol. The number of nitrogens with two attached hydrogens (primary N) is 1. The molecule has 0 bridgehead atoms. The van der Waals surface area contributed by atoms with Crippen LogP contribution >= 0.6 is 0 Å². The maximum Gasteiger partial charge on any atom is 0.306 e. The van der Waals surface area contributed by atoms with E-state index in [-0.39, 0.29) is 17.9 Å². The van der Waals surface area contributed by atoms with Crippen molar-refractivity contribution in [2.75, 3.05) is 11.9 Å². The Morgan fingerprint density at radius 3 is 2.19 bits per heavy atom. The van der Waals surface area contributed by atoms with Crippen LogP contribution in [0, 0.1) is 13.8 Å². The van der Waals surface area contributed by atoms with Gasteiger partial charge in [-0.1, -0.05) is 30.3 Å². The van der Waals surface area contributed by atoms with Gasteiger partial charge in [0.2, 0.25) is 10.0 Å². The number of aryl methyl sites for hydroxylation is 3. The highest BCUT2D eigenvalue weighted by Gasteiger charge is 2.11. The van der Waals surface area contributed by atoms with Gasteiger partial charge in [-0.3, -0.25) is 9.59 Å². The summed E-state index contributed by atoms with van der Waals surface area (Å²) in [6.45, 7) is 3.41. The third kappa shape index (κ3) is 6.19. The number of hydrogen-bond acceptors (Lipinski definition) is 5. The first kappa shape index (κ1) is 20.6. The third-order valence-corrected chi connectivity index (χ3v) is 4.91. The van der Waals surface area contributed by atoms with Crippen molar-refractivity contribution in [3.8, 4) is 0 Å². The Labute approximate surface area is 158 Å². The van der Waals surface area contributed by atoms with Crippen LogP contribution in [-0.4, -0.2) is 26.9 Å². The van der Waals surface area contributed by atoms with Crippen molar-refractivity contribution >= 4 is 27.6 Å². The minimum atomic E-state index is -3.74. The number of carbonyl (C=O) groups is 2. The summed E-state index contributed by atoms with van der Waals surface area (Å²) in [6, 6.07) is 11.6. The summed E-state index contributed by atoms with van der Waals surface area (Å²) >= 11 is 0. The lowest BCUT2D eigenvalue weighted by Crippen LogP contribution is -2.22. The summed E-state index contributed by atoms with van der Waals surface area (Å²) in [5.41, 5.74) is 3.34. The van der Waals surface area contributed by atoms with Gasteiger partial charge in [-0.05, 0) is 49.1 Å². The molecule has 0 unspecified atom stereocenters. The predicted octanol–water partition coefficient (Wildman–Crippen LogP) is 2.07. The molecule has 0 aliphatic heterocycles. The van der Waals surface area contributed by atoms with Gasteiger partial charge < -0.3 is 10.1 Å². The number of sulfonamides is 1. The Bertz CT molecular complexity index is 917. The fourth-order valence-electron chi connectivity index (χ4n) is 2.50. The van der Waals surface area contributed by atoms with Crippen LogP contribution in [0.4, 0.5) is 5.69 Å². The van der Waals surface area contributed by atoms with E-state index in [2.05, 4.69) is 5.32 Å². The maximum absolute atomic E-state index is 12.0. The molecule has 2 aromatic rings. The van der Waals surface area contributed by atoms with Gasteiger partial charge in [-0.25, -0.2) is 13.6 Å². The second-order valence-corrected chi connectivity index (χ2v) is 7.73. The summed E-state index contributed by atoms with van der Waals surface area (Å²) in [4.78, 5) is 23.8. The molecule has 0 aliphatic carbocycles. The number of amides is 1. The highest BCUT2D eigenvalue weighted by Crippen LogP contribution is 2.19. The molecule has 144 valence electrons.